The van der Waals surface area contributed by atoms with Crippen LogP contribution in [-0.2, 0) is 0 Å². The number of hydrogen-bond donors (Lipinski definition) is 1. The molecule has 0 atom stereocenters. The molecular formula is C6H16N2O2. The topological polar surface area (TPSA) is 69.2 Å². The van der Waals surface area contributed by atoms with Gasteiger partial charge in [-0.3, -0.25) is 10.1 Å². The molecule has 0 bridgehead atoms. The lowest BCUT2D eigenvalue weighted by molar-refractivity contribution is -0.555. The molecule has 0 aromatic carbocycles. The standard InChI is InChI=1S/C4H9NO2.C2H7N/c1-4(2,3)5(6)7;1-2-3/h1-3H3;2-3H2,1H3. The second-order valence-corrected chi connectivity index (χ2v) is 2.84. The van der Waals surface area contributed by atoms with Gasteiger partial charge in [-0.25, -0.2) is 0 Å². The van der Waals surface area contributed by atoms with Gasteiger partial charge in [-0.1, -0.05) is 6.92 Å². The fraction of sp³-hybridized carbons (Fsp3) is 1.00. The predicted octanol–water partition coefficient (Wildman–Crippen LogP) is 1.03. The third-order valence-electron chi connectivity index (χ3n) is 0.548. The molecule has 0 fully saturated rings. The minimum absolute atomic E-state index is 0.312. The zero-order valence-corrected chi connectivity index (χ0v) is 7.05. The highest BCUT2D eigenvalue weighted by Crippen LogP contribution is 2.02. The average Bonchev–Trinajstić information content (AvgIpc) is 1.64. The second-order valence-electron chi connectivity index (χ2n) is 2.84. The molecule has 4 heteroatoms. The molecule has 10 heavy (non-hydrogen) atoms. The lowest BCUT2D eigenvalue weighted by Crippen LogP contribution is -2.25. The molecule has 0 saturated carbocycles. The summed E-state index contributed by atoms with van der Waals surface area (Å²) in [6, 6.07) is 0. The molecule has 0 aliphatic heterocycles. The van der Waals surface area contributed by atoms with E-state index in [2.05, 4.69) is 0 Å². The molecule has 0 spiro atoms. The van der Waals surface area contributed by atoms with E-state index in [1.165, 1.54) is 0 Å². The van der Waals surface area contributed by atoms with Crippen molar-refractivity contribution in [1.82, 2.24) is 0 Å². The maximum absolute atomic E-state index is 9.83. The van der Waals surface area contributed by atoms with E-state index >= 15 is 0 Å². The molecule has 0 aliphatic rings. The third-order valence-corrected chi connectivity index (χ3v) is 0.548. The van der Waals surface area contributed by atoms with E-state index in [-0.39, 0.29) is 4.92 Å². The maximum Gasteiger partial charge on any atom is 0.214 e. The van der Waals surface area contributed by atoms with Gasteiger partial charge in [-0.05, 0) is 6.54 Å². The number of hydrogen-bond acceptors (Lipinski definition) is 3. The van der Waals surface area contributed by atoms with Crippen molar-refractivity contribution in [3.8, 4) is 0 Å². The van der Waals surface area contributed by atoms with E-state index in [1.807, 2.05) is 6.92 Å². The van der Waals surface area contributed by atoms with Gasteiger partial charge in [0.1, 0.15) is 0 Å². The van der Waals surface area contributed by atoms with Gasteiger partial charge in [0.05, 0.1) is 0 Å². The summed E-state index contributed by atoms with van der Waals surface area (Å²) >= 11 is 0. The molecule has 0 heterocycles. The Morgan fingerprint density at radius 3 is 1.60 bits per heavy atom. The van der Waals surface area contributed by atoms with E-state index in [4.69, 9.17) is 5.73 Å². The Morgan fingerprint density at radius 1 is 1.50 bits per heavy atom. The van der Waals surface area contributed by atoms with Crippen LogP contribution in [0.5, 0.6) is 0 Å². The minimum Gasteiger partial charge on any atom is -0.331 e. The van der Waals surface area contributed by atoms with Crippen molar-refractivity contribution in [3.05, 3.63) is 10.1 Å². The molecule has 0 radical (unpaired) electrons. The van der Waals surface area contributed by atoms with Gasteiger partial charge in [0.2, 0.25) is 5.54 Å². The zero-order chi connectivity index (χ0) is 8.78. The molecule has 0 aromatic heterocycles. The third kappa shape index (κ3) is 10.4. The maximum atomic E-state index is 9.83. The fourth-order valence-electron chi connectivity index (χ4n) is 0. The van der Waals surface area contributed by atoms with E-state index in [1.54, 1.807) is 20.8 Å². The van der Waals surface area contributed by atoms with Crippen LogP contribution in [0.3, 0.4) is 0 Å². The van der Waals surface area contributed by atoms with E-state index in [0.717, 1.165) is 6.54 Å². The van der Waals surface area contributed by atoms with Crippen LogP contribution in [-0.4, -0.2) is 17.0 Å². The summed E-state index contributed by atoms with van der Waals surface area (Å²) in [5, 5.41) is 9.83. The first-order chi connectivity index (χ1) is 4.36. The second kappa shape index (κ2) is 5.17. The van der Waals surface area contributed by atoms with Crippen LogP contribution in [0.4, 0.5) is 0 Å². The minimum atomic E-state index is -0.778. The normalized spacial score (nSPS) is 9.70. The lowest BCUT2D eigenvalue weighted by Gasteiger charge is -2.05. The van der Waals surface area contributed by atoms with Crippen molar-refractivity contribution in [2.45, 2.75) is 33.2 Å². The Balaban J connectivity index is 0. The van der Waals surface area contributed by atoms with Crippen molar-refractivity contribution < 1.29 is 4.92 Å². The Morgan fingerprint density at radius 2 is 1.60 bits per heavy atom. The Bertz CT molecular complexity index is 96.4. The van der Waals surface area contributed by atoms with Crippen molar-refractivity contribution in [2.24, 2.45) is 5.73 Å². The smallest absolute Gasteiger partial charge is 0.214 e. The van der Waals surface area contributed by atoms with Gasteiger partial charge in [-0.2, -0.15) is 0 Å². The number of nitrogens with zero attached hydrogens (tertiary/aromatic N) is 1. The number of nitrogens with two attached hydrogens (primary N) is 1. The van der Waals surface area contributed by atoms with Crippen molar-refractivity contribution in [3.63, 3.8) is 0 Å². The van der Waals surface area contributed by atoms with Crippen LogP contribution in [0.25, 0.3) is 0 Å². The zero-order valence-electron chi connectivity index (χ0n) is 7.05. The van der Waals surface area contributed by atoms with Crippen molar-refractivity contribution in [2.75, 3.05) is 6.54 Å². The molecule has 2 N–H and O–H groups in total. The quantitative estimate of drug-likeness (QED) is 0.412. The molecule has 0 rings (SSSR count). The average molecular weight is 148 g/mol. The van der Waals surface area contributed by atoms with E-state index < -0.39 is 5.54 Å². The highest BCUT2D eigenvalue weighted by molar-refractivity contribution is 4.54. The summed E-state index contributed by atoms with van der Waals surface area (Å²) in [4.78, 5) is 9.51. The van der Waals surface area contributed by atoms with Gasteiger partial charge in [0, 0.05) is 25.7 Å². The van der Waals surface area contributed by atoms with Crippen LogP contribution in [0.1, 0.15) is 27.7 Å². The fourth-order valence-corrected chi connectivity index (χ4v) is 0. The number of nitro groups is 1. The number of rotatable bonds is 0. The van der Waals surface area contributed by atoms with Gasteiger partial charge in [-0.15, -0.1) is 0 Å². The van der Waals surface area contributed by atoms with Gasteiger partial charge in [0.25, 0.3) is 0 Å². The van der Waals surface area contributed by atoms with Crippen LogP contribution < -0.4 is 5.73 Å². The van der Waals surface area contributed by atoms with Gasteiger partial charge < -0.3 is 5.73 Å². The van der Waals surface area contributed by atoms with Crippen LogP contribution >= 0.6 is 0 Å². The first-order valence-electron chi connectivity index (χ1n) is 3.20. The van der Waals surface area contributed by atoms with Crippen LogP contribution in [0.2, 0.25) is 0 Å². The monoisotopic (exact) mass is 148 g/mol. The summed E-state index contributed by atoms with van der Waals surface area (Å²) in [5.41, 5.74) is 4.07. The summed E-state index contributed by atoms with van der Waals surface area (Å²) in [5.74, 6) is 0. The molecule has 0 aromatic rings. The van der Waals surface area contributed by atoms with E-state index in [9.17, 15) is 10.1 Å². The first-order valence-corrected chi connectivity index (χ1v) is 3.20. The highest BCUT2D eigenvalue weighted by atomic mass is 16.6. The van der Waals surface area contributed by atoms with Gasteiger partial charge in [0.15, 0.2) is 0 Å². The summed E-state index contributed by atoms with van der Waals surface area (Å²) in [6.07, 6.45) is 0. The van der Waals surface area contributed by atoms with Crippen LogP contribution in [0.15, 0.2) is 0 Å². The molecule has 0 saturated heterocycles. The SMILES string of the molecule is CC(C)(C)[N+](=O)[O-].CCN. The predicted molar refractivity (Wildman–Crippen MR) is 41.5 cm³/mol. The van der Waals surface area contributed by atoms with Crippen LogP contribution in [0, 0.1) is 10.1 Å². The van der Waals surface area contributed by atoms with Crippen molar-refractivity contribution in [1.29, 1.82) is 0 Å². The van der Waals surface area contributed by atoms with E-state index in [0.29, 0.717) is 0 Å². The lowest BCUT2D eigenvalue weighted by atomic mass is 10.1. The summed E-state index contributed by atoms with van der Waals surface area (Å²) < 4.78 is 0. The molecule has 4 nitrogen and oxygen atoms in total. The molecule has 0 amide bonds. The van der Waals surface area contributed by atoms with Gasteiger partial charge >= 0.3 is 0 Å². The molecule has 0 unspecified atom stereocenters. The molecule has 0 aliphatic carbocycles. The highest BCUT2D eigenvalue weighted by Gasteiger charge is 2.21. The Labute approximate surface area is 61.6 Å². The largest absolute Gasteiger partial charge is 0.331 e. The molecule has 62 valence electrons. The Kier molecular flexibility index (Phi) is 6.24. The molecular weight excluding hydrogens is 132 g/mol. The first kappa shape index (κ1) is 12.1. The van der Waals surface area contributed by atoms with Crippen molar-refractivity contribution >= 4 is 0 Å². The summed E-state index contributed by atoms with van der Waals surface area (Å²) in [6.45, 7) is 7.34. The summed E-state index contributed by atoms with van der Waals surface area (Å²) in [7, 11) is 0. The Hall–Kier alpha value is -0.640.